The third-order valence-corrected chi connectivity index (χ3v) is 2.99. The van der Waals surface area contributed by atoms with Crippen LogP contribution in [-0.4, -0.2) is 54.4 Å². The molecule has 0 aromatic carbocycles. The van der Waals surface area contributed by atoms with Crippen LogP contribution in [0.4, 0.5) is 0 Å². The molecule has 0 aliphatic carbocycles. The predicted octanol–water partition coefficient (Wildman–Crippen LogP) is -1.55. The van der Waals surface area contributed by atoms with Gasteiger partial charge >= 0.3 is 0 Å². The molecule has 0 spiro atoms. The Morgan fingerprint density at radius 3 is 2.62 bits per heavy atom. The summed E-state index contributed by atoms with van der Waals surface area (Å²) in [6.45, 7) is 4.32. The second-order valence-corrected chi connectivity index (χ2v) is 6.06. The lowest BCUT2D eigenvalue weighted by Crippen LogP contribution is -3.04. The van der Waals surface area contributed by atoms with Crippen LogP contribution in [0.1, 0.15) is 19.7 Å². The van der Waals surface area contributed by atoms with Crippen molar-refractivity contribution in [3.8, 4) is 0 Å². The molecule has 0 aliphatic rings. The normalized spacial score (nSPS) is 11.0. The largest absolute Gasteiger partial charge is 0.410 e. The van der Waals surface area contributed by atoms with Gasteiger partial charge in [0.1, 0.15) is 0 Å². The van der Waals surface area contributed by atoms with E-state index in [0.29, 0.717) is 17.7 Å². The lowest BCUT2D eigenvalue weighted by molar-refractivity contribution is -0.874. The van der Waals surface area contributed by atoms with Crippen LogP contribution >= 0.6 is 11.8 Å². The quantitative estimate of drug-likeness (QED) is 0.502. The Balaban J connectivity index is 2.26. The first-order chi connectivity index (χ1) is 9.86. The molecule has 1 aromatic rings. The highest BCUT2D eigenvalue weighted by Gasteiger charge is 2.12. The Labute approximate surface area is 128 Å². The molecule has 0 aliphatic heterocycles. The standard InChI is InChI=1S/C12H21N5O3S/c1-8(2)14-9(18)5-13-10(19)7-21-12-16-15-11(20-12)6-17(3)4/h8H,5-7H2,1-4H3,(H,13,19)(H,14,18)/p+1. The lowest BCUT2D eigenvalue weighted by Gasteiger charge is -2.08. The molecule has 0 atom stereocenters. The summed E-state index contributed by atoms with van der Waals surface area (Å²) in [7, 11) is 3.96. The Hall–Kier alpha value is -1.61. The van der Waals surface area contributed by atoms with E-state index in [9.17, 15) is 9.59 Å². The molecule has 1 heterocycles. The van der Waals surface area contributed by atoms with Gasteiger partial charge in [0.2, 0.25) is 11.8 Å². The van der Waals surface area contributed by atoms with Crippen molar-refractivity contribution in [3.63, 3.8) is 0 Å². The Morgan fingerprint density at radius 1 is 1.29 bits per heavy atom. The van der Waals surface area contributed by atoms with Gasteiger partial charge in [-0.1, -0.05) is 11.8 Å². The predicted molar refractivity (Wildman–Crippen MR) is 77.8 cm³/mol. The molecule has 0 unspecified atom stereocenters. The summed E-state index contributed by atoms with van der Waals surface area (Å²) in [5.74, 6) is 0.203. The minimum Gasteiger partial charge on any atom is -0.410 e. The van der Waals surface area contributed by atoms with Crippen LogP contribution in [0.5, 0.6) is 0 Å². The zero-order valence-electron chi connectivity index (χ0n) is 12.7. The van der Waals surface area contributed by atoms with Crippen molar-refractivity contribution in [2.24, 2.45) is 0 Å². The van der Waals surface area contributed by atoms with Crippen molar-refractivity contribution >= 4 is 23.6 Å². The number of aromatic nitrogens is 2. The van der Waals surface area contributed by atoms with Crippen LogP contribution in [0.3, 0.4) is 0 Å². The summed E-state index contributed by atoms with van der Waals surface area (Å²) in [5.41, 5.74) is 0. The molecular formula is C12H22N5O3S+. The second-order valence-electron chi connectivity index (χ2n) is 5.13. The molecule has 1 aromatic heterocycles. The number of nitrogens with zero attached hydrogens (tertiary/aromatic N) is 2. The number of quaternary nitrogens is 1. The molecule has 9 heteroatoms. The van der Waals surface area contributed by atoms with Gasteiger partial charge in [-0.3, -0.25) is 9.59 Å². The van der Waals surface area contributed by atoms with Gasteiger partial charge in [-0.2, -0.15) is 0 Å². The molecule has 21 heavy (non-hydrogen) atoms. The van der Waals surface area contributed by atoms with E-state index in [4.69, 9.17) is 4.42 Å². The fraction of sp³-hybridized carbons (Fsp3) is 0.667. The highest BCUT2D eigenvalue weighted by atomic mass is 32.2. The van der Waals surface area contributed by atoms with Crippen molar-refractivity contribution in [2.75, 3.05) is 26.4 Å². The first-order valence-electron chi connectivity index (χ1n) is 6.67. The maximum absolute atomic E-state index is 11.6. The minimum absolute atomic E-state index is 0.0311. The molecule has 0 radical (unpaired) electrons. The highest BCUT2D eigenvalue weighted by Crippen LogP contribution is 2.14. The average molecular weight is 316 g/mol. The van der Waals surface area contributed by atoms with Gasteiger partial charge in [0, 0.05) is 6.04 Å². The SMILES string of the molecule is CC(C)NC(=O)CNC(=O)CSc1nnc(C[NH+](C)C)o1. The van der Waals surface area contributed by atoms with E-state index in [1.165, 1.54) is 4.90 Å². The number of rotatable bonds is 8. The number of carbonyl (C=O) groups is 2. The van der Waals surface area contributed by atoms with Crippen LogP contribution in [0, 0.1) is 0 Å². The summed E-state index contributed by atoms with van der Waals surface area (Å²) in [6.07, 6.45) is 0. The van der Waals surface area contributed by atoms with Crippen molar-refractivity contribution < 1.29 is 18.9 Å². The van der Waals surface area contributed by atoms with Crippen molar-refractivity contribution in [1.82, 2.24) is 20.8 Å². The van der Waals surface area contributed by atoms with E-state index in [2.05, 4.69) is 20.8 Å². The summed E-state index contributed by atoms with van der Waals surface area (Å²) in [4.78, 5) is 24.1. The van der Waals surface area contributed by atoms with Crippen LogP contribution in [-0.2, 0) is 16.1 Å². The summed E-state index contributed by atoms with van der Waals surface area (Å²) < 4.78 is 5.38. The van der Waals surface area contributed by atoms with Crippen molar-refractivity contribution in [2.45, 2.75) is 31.7 Å². The zero-order valence-corrected chi connectivity index (χ0v) is 13.5. The summed E-state index contributed by atoms with van der Waals surface area (Å²) in [5, 5.41) is 13.3. The number of nitrogens with one attached hydrogen (secondary N) is 3. The minimum atomic E-state index is -0.253. The van der Waals surface area contributed by atoms with Crippen LogP contribution in [0.2, 0.25) is 0 Å². The molecule has 0 bridgehead atoms. The molecule has 2 amide bonds. The van der Waals surface area contributed by atoms with Gasteiger partial charge in [0.25, 0.3) is 11.1 Å². The number of carbonyl (C=O) groups excluding carboxylic acids is 2. The van der Waals surface area contributed by atoms with Crippen molar-refractivity contribution in [3.05, 3.63) is 5.89 Å². The zero-order chi connectivity index (χ0) is 15.8. The fourth-order valence-electron chi connectivity index (χ4n) is 1.40. The second kappa shape index (κ2) is 8.63. The van der Waals surface area contributed by atoms with E-state index in [1.807, 2.05) is 27.9 Å². The van der Waals surface area contributed by atoms with Crippen molar-refractivity contribution in [1.29, 1.82) is 0 Å². The van der Waals surface area contributed by atoms with Gasteiger partial charge in [-0.05, 0) is 13.8 Å². The molecule has 8 nitrogen and oxygen atoms in total. The van der Waals surface area contributed by atoms with E-state index >= 15 is 0 Å². The molecule has 1 rings (SSSR count). The van der Waals surface area contributed by atoms with Crippen LogP contribution < -0.4 is 15.5 Å². The number of hydrogen-bond acceptors (Lipinski definition) is 6. The van der Waals surface area contributed by atoms with E-state index < -0.39 is 0 Å². The molecular weight excluding hydrogens is 294 g/mol. The topological polar surface area (TPSA) is 102 Å². The van der Waals surface area contributed by atoms with Gasteiger partial charge in [0.05, 0.1) is 26.4 Å². The maximum Gasteiger partial charge on any atom is 0.277 e. The van der Waals surface area contributed by atoms with E-state index in [-0.39, 0.29) is 30.2 Å². The first kappa shape index (κ1) is 17.4. The molecule has 0 saturated carbocycles. The smallest absolute Gasteiger partial charge is 0.277 e. The number of amides is 2. The van der Waals surface area contributed by atoms with Gasteiger partial charge in [-0.15, -0.1) is 10.2 Å². The van der Waals surface area contributed by atoms with E-state index in [1.54, 1.807) is 0 Å². The molecule has 118 valence electrons. The molecule has 0 saturated heterocycles. The molecule has 0 fully saturated rings. The van der Waals surface area contributed by atoms with Gasteiger partial charge in [0.15, 0.2) is 6.54 Å². The fourth-order valence-corrected chi connectivity index (χ4v) is 2.01. The average Bonchev–Trinajstić information content (AvgIpc) is 2.79. The summed E-state index contributed by atoms with van der Waals surface area (Å²) in [6, 6.07) is 0.0550. The molecule has 3 N–H and O–H groups in total. The van der Waals surface area contributed by atoms with Crippen LogP contribution in [0.25, 0.3) is 0 Å². The monoisotopic (exact) mass is 316 g/mol. The van der Waals surface area contributed by atoms with Gasteiger partial charge < -0.3 is 20.0 Å². The Bertz CT molecular complexity index is 475. The third-order valence-electron chi connectivity index (χ3n) is 2.18. The Kier molecular flexibility index (Phi) is 7.17. The van der Waals surface area contributed by atoms with Gasteiger partial charge in [-0.25, -0.2) is 0 Å². The lowest BCUT2D eigenvalue weighted by atomic mass is 10.4. The number of hydrogen-bond donors (Lipinski definition) is 3. The third kappa shape index (κ3) is 7.66. The summed E-state index contributed by atoms with van der Waals surface area (Å²) >= 11 is 1.15. The first-order valence-corrected chi connectivity index (χ1v) is 7.65. The number of thioether (sulfide) groups is 1. The maximum atomic E-state index is 11.6. The highest BCUT2D eigenvalue weighted by molar-refractivity contribution is 7.99. The Morgan fingerprint density at radius 2 is 2.00 bits per heavy atom. The van der Waals surface area contributed by atoms with Crippen LogP contribution in [0.15, 0.2) is 9.64 Å². The van der Waals surface area contributed by atoms with E-state index in [0.717, 1.165) is 11.8 Å².